The highest BCUT2D eigenvalue weighted by atomic mass is 35.5. The van der Waals surface area contributed by atoms with Gasteiger partial charge in [-0.25, -0.2) is 9.97 Å². The molecule has 5 heteroatoms. The number of rotatable bonds is 2. The van der Waals surface area contributed by atoms with E-state index in [9.17, 15) is 0 Å². The largest absolute Gasteiger partial charge is 0.461 e. The van der Waals surface area contributed by atoms with Gasteiger partial charge in [0.25, 0.3) is 0 Å². The van der Waals surface area contributed by atoms with Gasteiger partial charge in [-0.05, 0) is 18.1 Å². The molecule has 2 heterocycles. The molecule has 0 bridgehead atoms. The first kappa shape index (κ1) is 11.4. The lowest BCUT2D eigenvalue weighted by atomic mass is 10.1. The number of hydrogen-bond donors (Lipinski definition) is 0. The molecule has 0 saturated carbocycles. The molecular formula is C11H10Cl2N2O. The molecule has 2 aromatic heterocycles. The van der Waals surface area contributed by atoms with Crippen LogP contribution in [0.2, 0.25) is 10.3 Å². The monoisotopic (exact) mass is 256 g/mol. The minimum absolute atomic E-state index is 0.186. The Morgan fingerprint density at radius 2 is 1.81 bits per heavy atom. The van der Waals surface area contributed by atoms with Crippen LogP contribution in [-0.2, 0) is 0 Å². The second kappa shape index (κ2) is 4.44. The maximum absolute atomic E-state index is 6.07. The van der Waals surface area contributed by atoms with Gasteiger partial charge in [-0.3, -0.25) is 0 Å². The molecule has 0 N–H and O–H groups in total. The van der Waals surface area contributed by atoms with Gasteiger partial charge in [0.15, 0.2) is 11.6 Å². The molecule has 0 radical (unpaired) electrons. The third kappa shape index (κ3) is 2.06. The van der Waals surface area contributed by atoms with Crippen LogP contribution in [0.15, 0.2) is 22.8 Å². The molecule has 0 fully saturated rings. The minimum Gasteiger partial charge on any atom is -0.461 e. The molecule has 0 amide bonds. The van der Waals surface area contributed by atoms with Gasteiger partial charge in [0.05, 0.1) is 6.26 Å². The van der Waals surface area contributed by atoms with E-state index in [0.29, 0.717) is 21.9 Å². The van der Waals surface area contributed by atoms with E-state index in [-0.39, 0.29) is 5.92 Å². The van der Waals surface area contributed by atoms with E-state index in [1.54, 1.807) is 18.4 Å². The average Bonchev–Trinajstić information content (AvgIpc) is 2.67. The number of aromatic nitrogens is 2. The Balaban J connectivity index is 2.53. The van der Waals surface area contributed by atoms with E-state index in [2.05, 4.69) is 9.97 Å². The van der Waals surface area contributed by atoms with Crippen molar-refractivity contribution in [3.8, 4) is 11.6 Å². The highest BCUT2D eigenvalue weighted by Gasteiger charge is 2.16. The van der Waals surface area contributed by atoms with Crippen LogP contribution in [-0.4, -0.2) is 9.97 Å². The third-order valence-corrected chi connectivity index (χ3v) is 2.75. The first-order chi connectivity index (χ1) is 7.59. The van der Waals surface area contributed by atoms with Gasteiger partial charge in [-0.1, -0.05) is 37.0 Å². The standard InChI is InChI=1S/C11H10Cl2N2O/c1-6(2)8-9(12)14-11(15-10(8)13)7-4-3-5-16-7/h3-6H,1-2H3. The Labute approximate surface area is 103 Å². The number of halogens is 2. The third-order valence-electron chi connectivity index (χ3n) is 2.17. The van der Waals surface area contributed by atoms with E-state index >= 15 is 0 Å². The van der Waals surface area contributed by atoms with Crippen molar-refractivity contribution < 1.29 is 4.42 Å². The van der Waals surface area contributed by atoms with E-state index in [0.717, 1.165) is 5.56 Å². The molecule has 0 aromatic carbocycles. The van der Waals surface area contributed by atoms with Gasteiger partial charge < -0.3 is 4.42 Å². The lowest BCUT2D eigenvalue weighted by Gasteiger charge is -2.09. The smallest absolute Gasteiger partial charge is 0.198 e. The second-order valence-electron chi connectivity index (χ2n) is 3.67. The highest BCUT2D eigenvalue weighted by molar-refractivity contribution is 6.34. The van der Waals surface area contributed by atoms with Gasteiger partial charge in [0, 0.05) is 5.56 Å². The van der Waals surface area contributed by atoms with Crippen LogP contribution in [0.4, 0.5) is 0 Å². The molecule has 0 spiro atoms. The molecule has 0 unspecified atom stereocenters. The Morgan fingerprint density at radius 1 is 1.19 bits per heavy atom. The van der Waals surface area contributed by atoms with Crippen LogP contribution in [0.3, 0.4) is 0 Å². The fourth-order valence-corrected chi connectivity index (χ4v) is 2.23. The van der Waals surface area contributed by atoms with Gasteiger partial charge in [0.2, 0.25) is 0 Å². The normalized spacial score (nSPS) is 11.1. The van der Waals surface area contributed by atoms with Gasteiger partial charge in [0.1, 0.15) is 10.3 Å². The Kier molecular flexibility index (Phi) is 3.17. The Hall–Kier alpha value is -1.06. The van der Waals surface area contributed by atoms with Gasteiger partial charge >= 0.3 is 0 Å². The zero-order chi connectivity index (χ0) is 11.7. The summed E-state index contributed by atoms with van der Waals surface area (Å²) in [6.45, 7) is 3.98. The van der Waals surface area contributed by atoms with Crippen molar-refractivity contribution in [3.63, 3.8) is 0 Å². The number of nitrogens with zero attached hydrogens (tertiary/aromatic N) is 2. The van der Waals surface area contributed by atoms with Crippen molar-refractivity contribution in [1.29, 1.82) is 0 Å². The van der Waals surface area contributed by atoms with E-state index < -0.39 is 0 Å². The van der Waals surface area contributed by atoms with E-state index in [1.165, 1.54) is 0 Å². The fourth-order valence-electron chi connectivity index (χ4n) is 1.41. The summed E-state index contributed by atoms with van der Waals surface area (Å²) < 4.78 is 5.19. The lowest BCUT2D eigenvalue weighted by molar-refractivity contribution is 0.577. The van der Waals surface area contributed by atoms with E-state index in [4.69, 9.17) is 27.6 Å². The predicted molar refractivity (Wildman–Crippen MR) is 63.8 cm³/mol. The van der Waals surface area contributed by atoms with Crippen molar-refractivity contribution in [2.24, 2.45) is 0 Å². The summed E-state index contributed by atoms with van der Waals surface area (Å²) >= 11 is 12.1. The Bertz CT molecular complexity index is 472. The van der Waals surface area contributed by atoms with Crippen LogP contribution >= 0.6 is 23.2 Å². The maximum atomic E-state index is 6.07. The van der Waals surface area contributed by atoms with Gasteiger partial charge in [-0.2, -0.15) is 0 Å². The van der Waals surface area contributed by atoms with Crippen LogP contribution in [0.5, 0.6) is 0 Å². The molecule has 0 aliphatic heterocycles. The molecule has 0 aliphatic rings. The zero-order valence-corrected chi connectivity index (χ0v) is 10.4. The molecule has 16 heavy (non-hydrogen) atoms. The van der Waals surface area contributed by atoms with Crippen LogP contribution in [0.1, 0.15) is 25.3 Å². The second-order valence-corrected chi connectivity index (χ2v) is 4.39. The summed E-state index contributed by atoms with van der Waals surface area (Å²) in [4.78, 5) is 8.35. The predicted octanol–water partition coefficient (Wildman–Crippen LogP) is 4.17. The van der Waals surface area contributed by atoms with Crippen molar-refractivity contribution in [3.05, 3.63) is 34.3 Å². The minimum atomic E-state index is 0.186. The molecule has 0 aliphatic carbocycles. The first-order valence-corrected chi connectivity index (χ1v) is 5.62. The van der Waals surface area contributed by atoms with Crippen molar-refractivity contribution in [2.75, 3.05) is 0 Å². The number of hydrogen-bond acceptors (Lipinski definition) is 3. The van der Waals surface area contributed by atoms with E-state index in [1.807, 2.05) is 13.8 Å². The first-order valence-electron chi connectivity index (χ1n) is 4.86. The summed E-state index contributed by atoms with van der Waals surface area (Å²) in [6.07, 6.45) is 1.55. The topological polar surface area (TPSA) is 38.9 Å². The molecule has 2 rings (SSSR count). The molecule has 3 nitrogen and oxygen atoms in total. The maximum Gasteiger partial charge on any atom is 0.198 e. The average molecular weight is 257 g/mol. The molecule has 0 atom stereocenters. The summed E-state index contributed by atoms with van der Waals surface area (Å²) in [6, 6.07) is 3.52. The molecular weight excluding hydrogens is 247 g/mol. The van der Waals surface area contributed by atoms with Crippen molar-refractivity contribution in [1.82, 2.24) is 9.97 Å². The highest BCUT2D eigenvalue weighted by Crippen LogP contribution is 2.30. The summed E-state index contributed by atoms with van der Waals surface area (Å²) in [7, 11) is 0. The van der Waals surface area contributed by atoms with Gasteiger partial charge in [-0.15, -0.1) is 0 Å². The summed E-state index contributed by atoms with van der Waals surface area (Å²) in [5, 5.41) is 0.753. The fraction of sp³-hybridized carbons (Fsp3) is 0.273. The van der Waals surface area contributed by atoms with Crippen LogP contribution in [0.25, 0.3) is 11.6 Å². The number of furan rings is 1. The lowest BCUT2D eigenvalue weighted by Crippen LogP contribution is -1.98. The van der Waals surface area contributed by atoms with Crippen LogP contribution < -0.4 is 0 Å². The molecule has 0 saturated heterocycles. The SMILES string of the molecule is CC(C)c1c(Cl)nc(-c2ccco2)nc1Cl. The van der Waals surface area contributed by atoms with Crippen LogP contribution in [0, 0.1) is 0 Å². The van der Waals surface area contributed by atoms with Crippen molar-refractivity contribution >= 4 is 23.2 Å². The Morgan fingerprint density at radius 3 is 2.25 bits per heavy atom. The van der Waals surface area contributed by atoms with Crippen molar-refractivity contribution in [2.45, 2.75) is 19.8 Å². The molecule has 84 valence electrons. The zero-order valence-electron chi connectivity index (χ0n) is 8.87. The molecule has 2 aromatic rings. The quantitative estimate of drug-likeness (QED) is 0.758. The summed E-state index contributed by atoms with van der Waals surface area (Å²) in [5.74, 6) is 1.15. The summed E-state index contributed by atoms with van der Waals surface area (Å²) in [5.41, 5.74) is 0.763.